The van der Waals surface area contributed by atoms with E-state index in [-0.39, 0.29) is 30.4 Å². The van der Waals surface area contributed by atoms with Crippen molar-refractivity contribution in [3.05, 3.63) is 29.2 Å². The molecule has 0 aromatic carbocycles. The third-order valence-corrected chi connectivity index (χ3v) is 5.88. The number of carbonyl (C=O) groups is 1. The lowest BCUT2D eigenvalue weighted by Gasteiger charge is -2.26. The van der Waals surface area contributed by atoms with Crippen molar-refractivity contribution in [1.82, 2.24) is 20.3 Å². The normalized spacial score (nSPS) is 22.8. The van der Waals surface area contributed by atoms with Crippen molar-refractivity contribution in [2.24, 2.45) is 5.73 Å². The molecule has 1 amide bonds. The third kappa shape index (κ3) is 3.54. The number of nitrogens with two attached hydrogens (primary N) is 1. The number of H-pyrrole nitrogens is 1. The Bertz CT molecular complexity index is 838. The number of aromatic nitrogens is 3. The van der Waals surface area contributed by atoms with E-state index < -0.39 is 0 Å². The lowest BCUT2D eigenvalue weighted by Crippen LogP contribution is -2.44. The predicted molar refractivity (Wildman–Crippen MR) is 108 cm³/mol. The molecule has 0 spiro atoms. The van der Waals surface area contributed by atoms with Crippen LogP contribution in [0.3, 0.4) is 0 Å². The monoisotopic (exact) mass is 394 g/mol. The van der Waals surface area contributed by atoms with E-state index in [2.05, 4.69) is 20.3 Å². The fraction of sp³-hybridized carbons (Fsp3) is 0.471. The first-order valence-corrected chi connectivity index (χ1v) is 9.58. The summed E-state index contributed by atoms with van der Waals surface area (Å²) in [4.78, 5) is 27.3. The molecule has 26 heavy (non-hydrogen) atoms. The average molecular weight is 395 g/mol. The van der Waals surface area contributed by atoms with E-state index in [1.165, 1.54) is 0 Å². The second-order valence-corrected chi connectivity index (χ2v) is 7.74. The lowest BCUT2D eigenvalue weighted by molar-refractivity contribution is -0.117. The lowest BCUT2D eigenvalue weighted by atomic mass is 10.2. The quantitative estimate of drug-likeness (QED) is 0.737. The molecule has 4 rings (SSSR count). The molecule has 1 saturated carbocycles. The van der Waals surface area contributed by atoms with E-state index >= 15 is 0 Å². The Balaban J connectivity index is 0.00000196. The van der Waals surface area contributed by atoms with Gasteiger partial charge in [0.2, 0.25) is 0 Å². The molecule has 3 heterocycles. The van der Waals surface area contributed by atoms with Gasteiger partial charge >= 0.3 is 0 Å². The molecule has 2 aliphatic rings. The summed E-state index contributed by atoms with van der Waals surface area (Å²) >= 11 is 1.58. The van der Waals surface area contributed by atoms with Crippen LogP contribution < -0.4 is 16.0 Å². The van der Waals surface area contributed by atoms with Gasteiger partial charge < -0.3 is 20.9 Å². The number of carbonyl (C=O) groups excluding carboxylic acids is 1. The zero-order chi connectivity index (χ0) is 17.4. The smallest absolute Gasteiger partial charge is 0.259 e. The summed E-state index contributed by atoms with van der Waals surface area (Å²) < 4.78 is 0. The summed E-state index contributed by atoms with van der Waals surface area (Å²) in [5.41, 5.74) is 7.98. The number of halogens is 1. The maximum atomic E-state index is 12.6. The van der Waals surface area contributed by atoms with Gasteiger partial charge in [0, 0.05) is 36.8 Å². The van der Waals surface area contributed by atoms with E-state index in [1.807, 2.05) is 24.2 Å². The number of thioether (sulfide) groups is 1. The molecule has 7 nitrogen and oxygen atoms in total. The maximum absolute atomic E-state index is 12.6. The van der Waals surface area contributed by atoms with Gasteiger partial charge in [-0.3, -0.25) is 4.79 Å². The Kier molecular flexibility index (Phi) is 5.74. The molecule has 0 unspecified atom stereocenters. The van der Waals surface area contributed by atoms with E-state index in [0.29, 0.717) is 4.91 Å². The van der Waals surface area contributed by atoms with Gasteiger partial charge in [-0.25, -0.2) is 9.97 Å². The largest absolute Gasteiger partial charge is 0.347 e. The Morgan fingerprint density at radius 2 is 2.27 bits per heavy atom. The molecule has 140 valence electrons. The van der Waals surface area contributed by atoms with Crippen LogP contribution in [0.4, 0.5) is 5.82 Å². The zero-order valence-electron chi connectivity index (χ0n) is 14.6. The maximum Gasteiger partial charge on any atom is 0.259 e. The highest BCUT2D eigenvalue weighted by atomic mass is 35.5. The van der Waals surface area contributed by atoms with Crippen LogP contribution in [0.5, 0.6) is 0 Å². The highest BCUT2D eigenvalue weighted by molar-refractivity contribution is 8.04. The fourth-order valence-electron chi connectivity index (χ4n) is 3.51. The number of fused-ring (bicyclic) bond motifs is 1. The van der Waals surface area contributed by atoms with Gasteiger partial charge in [0.1, 0.15) is 17.8 Å². The number of hydrogen-bond donors (Lipinski definition) is 3. The first-order chi connectivity index (χ1) is 12.1. The van der Waals surface area contributed by atoms with E-state index in [1.54, 1.807) is 18.1 Å². The van der Waals surface area contributed by atoms with Crippen molar-refractivity contribution in [2.45, 2.75) is 38.3 Å². The van der Waals surface area contributed by atoms with Crippen molar-refractivity contribution in [3.63, 3.8) is 0 Å². The highest BCUT2D eigenvalue weighted by Gasteiger charge is 2.28. The number of hydrogen-bond acceptors (Lipinski definition) is 6. The van der Waals surface area contributed by atoms with Crippen molar-refractivity contribution in [2.75, 3.05) is 17.2 Å². The number of nitrogens with one attached hydrogen (secondary N) is 2. The molecule has 1 aliphatic heterocycles. The van der Waals surface area contributed by atoms with E-state index in [0.717, 1.165) is 54.0 Å². The van der Waals surface area contributed by atoms with Crippen molar-refractivity contribution in [3.8, 4) is 0 Å². The van der Waals surface area contributed by atoms with Crippen molar-refractivity contribution < 1.29 is 4.79 Å². The highest BCUT2D eigenvalue weighted by Crippen LogP contribution is 2.31. The Morgan fingerprint density at radius 3 is 3.04 bits per heavy atom. The molecule has 0 bridgehead atoms. The molecule has 2 atom stereocenters. The van der Waals surface area contributed by atoms with Gasteiger partial charge in [0.05, 0.1) is 10.3 Å². The summed E-state index contributed by atoms with van der Waals surface area (Å²) in [6, 6.07) is 0.153. The van der Waals surface area contributed by atoms with Crippen LogP contribution in [0, 0.1) is 6.92 Å². The van der Waals surface area contributed by atoms with Crippen LogP contribution in [0.2, 0.25) is 0 Å². The van der Waals surface area contributed by atoms with Gasteiger partial charge in [-0.2, -0.15) is 0 Å². The van der Waals surface area contributed by atoms with Gasteiger partial charge in [-0.1, -0.05) is 0 Å². The van der Waals surface area contributed by atoms with Crippen LogP contribution in [-0.4, -0.2) is 45.2 Å². The number of aromatic amines is 1. The predicted octanol–water partition coefficient (Wildman–Crippen LogP) is 2.08. The molecule has 9 heteroatoms. The molecule has 0 radical (unpaired) electrons. The summed E-state index contributed by atoms with van der Waals surface area (Å²) in [5, 5.41) is 4.10. The van der Waals surface area contributed by atoms with Crippen molar-refractivity contribution in [1.29, 1.82) is 0 Å². The van der Waals surface area contributed by atoms with Crippen LogP contribution in [0.15, 0.2) is 23.6 Å². The first-order valence-electron chi connectivity index (χ1n) is 8.60. The van der Waals surface area contributed by atoms with Gasteiger partial charge in [0.15, 0.2) is 0 Å². The topological polar surface area (TPSA) is 99.9 Å². The first kappa shape index (κ1) is 19.0. The Morgan fingerprint density at radius 1 is 1.42 bits per heavy atom. The minimum absolute atomic E-state index is 0. The Labute approximate surface area is 162 Å². The Hall–Kier alpha value is -1.77. The molecule has 4 N–H and O–H groups in total. The molecule has 2 aromatic heterocycles. The second-order valence-electron chi connectivity index (χ2n) is 6.60. The second kappa shape index (κ2) is 7.85. The van der Waals surface area contributed by atoms with Crippen LogP contribution in [0.25, 0.3) is 11.0 Å². The van der Waals surface area contributed by atoms with Gasteiger partial charge in [-0.15, -0.1) is 24.2 Å². The standard InChI is InChI=1S/C17H22N6OS.ClH/c1-10-7-19-15-14(10)16(21-9-20-15)23-5-6-25-13(8-23)17(24)22-12-4-2-3-11(12)18;/h7-9,11-12H,2-6,18H2,1H3,(H,22,24)(H,19,20,21);1H/t11-,12-;/m0./s1. The average Bonchev–Trinajstić information content (AvgIpc) is 3.21. The van der Waals surface area contributed by atoms with E-state index in [4.69, 9.17) is 5.73 Å². The van der Waals surface area contributed by atoms with Crippen LogP contribution >= 0.6 is 24.2 Å². The summed E-state index contributed by atoms with van der Waals surface area (Å²) in [6.07, 6.45) is 8.41. The number of rotatable bonds is 3. The molecule has 0 saturated heterocycles. The number of nitrogens with zero attached hydrogens (tertiary/aromatic N) is 3. The van der Waals surface area contributed by atoms with Gasteiger partial charge in [-0.05, 0) is 31.7 Å². The molecular formula is C17H23ClN6OS. The minimum Gasteiger partial charge on any atom is -0.347 e. The summed E-state index contributed by atoms with van der Waals surface area (Å²) in [5.74, 6) is 1.64. The minimum atomic E-state index is -0.0341. The zero-order valence-corrected chi connectivity index (χ0v) is 16.2. The fourth-order valence-corrected chi connectivity index (χ4v) is 4.41. The molecule has 2 aromatic rings. The number of aryl methyl sites for hydroxylation is 1. The van der Waals surface area contributed by atoms with Crippen LogP contribution in [-0.2, 0) is 4.79 Å². The molecule has 1 fully saturated rings. The van der Waals surface area contributed by atoms with Crippen molar-refractivity contribution >= 4 is 46.9 Å². The molecule has 1 aliphatic carbocycles. The molecular weight excluding hydrogens is 372 g/mol. The van der Waals surface area contributed by atoms with Crippen LogP contribution in [0.1, 0.15) is 24.8 Å². The number of amides is 1. The van der Waals surface area contributed by atoms with Gasteiger partial charge in [0.25, 0.3) is 5.91 Å². The summed E-state index contributed by atoms with van der Waals surface area (Å²) in [7, 11) is 0. The SMILES string of the molecule is Cc1c[nH]c2ncnc(N3C=C(C(=O)N[C@H]4CCC[C@@H]4N)SCC3)c12.Cl. The summed E-state index contributed by atoms with van der Waals surface area (Å²) in [6.45, 7) is 2.84. The van der Waals surface area contributed by atoms with E-state index in [9.17, 15) is 4.79 Å². The number of anilines is 1. The third-order valence-electron chi connectivity index (χ3n) is 4.89.